The summed E-state index contributed by atoms with van der Waals surface area (Å²) in [6.07, 6.45) is 2.69. The molecule has 3 rings (SSSR count). The lowest BCUT2D eigenvalue weighted by Crippen LogP contribution is -2.38. The number of pyridine rings is 1. The number of nitrogens with zero attached hydrogens (tertiary/aromatic N) is 4. The number of hydrogen-bond donors (Lipinski definition) is 2. The Labute approximate surface area is 173 Å². The summed E-state index contributed by atoms with van der Waals surface area (Å²) in [6, 6.07) is 16.4. The van der Waals surface area contributed by atoms with Gasteiger partial charge in [0.1, 0.15) is 0 Å². The van der Waals surface area contributed by atoms with Gasteiger partial charge in [0.15, 0.2) is 5.96 Å². The smallest absolute Gasteiger partial charge is 0.191 e. The van der Waals surface area contributed by atoms with Crippen LogP contribution in [0.5, 0.6) is 0 Å². The molecule has 152 valence electrons. The molecule has 0 unspecified atom stereocenters. The van der Waals surface area contributed by atoms with Crippen LogP contribution >= 0.6 is 0 Å². The highest BCUT2D eigenvalue weighted by Crippen LogP contribution is 2.16. The van der Waals surface area contributed by atoms with Gasteiger partial charge in [-0.1, -0.05) is 36.4 Å². The summed E-state index contributed by atoms with van der Waals surface area (Å²) in [5.74, 6) is 0.818. The van der Waals surface area contributed by atoms with Crippen molar-refractivity contribution in [1.29, 1.82) is 0 Å². The standard InChI is InChI=1S/C23H30N6/c1-4-24-23(26-15-13-21-12-8-9-14-25-21)27-16-22-18(2)28-29(19(22)3)17-20-10-6-5-7-11-20/h5-12,14H,4,13,15-17H2,1-3H3,(H2,24,26,27). The van der Waals surface area contributed by atoms with Gasteiger partial charge in [0.05, 0.1) is 18.8 Å². The van der Waals surface area contributed by atoms with E-state index in [1.165, 1.54) is 16.8 Å². The Morgan fingerprint density at radius 3 is 2.55 bits per heavy atom. The lowest BCUT2D eigenvalue weighted by Gasteiger charge is -2.11. The SMILES string of the molecule is CCNC(=NCc1c(C)nn(Cc2ccccc2)c1C)NCCc1ccccn1. The molecule has 6 heteroatoms. The number of aliphatic imine (C=N–C) groups is 1. The fourth-order valence-electron chi connectivity index (χ4n) is 3.23. The zero-order chi connectivity index (χ0) is 20.5. The molecular weight excluding hydrogens is 360 g/mol. The Morgan fingerprint density at radius 2 is 1.83 bits per heavy atom. The molecule has 0 radical (unpaired) electrons. The first-order valence-electron chi connectivity index (χ1n) is 10.2. The molecule has 0 saturated carbocycles. The molecular formula is C23H30N6. The number of nitrogens with one attached hydrogen (secondary N) is 2. The van der Waals surface area contributed by atoms with Crippen molar-refractivity contribution in [1.82, 2.24) is 25.4 Å². The van der Waals surface area contributed by atoms with Gasteiger partial charge in [-0.25, -0.2) is 4.99 Å². The summed E-state index contributed by atoms with van der Waals surface area (Å²) in [5, 5.41) is 11.4. The van der Waals surface area contributed by atoms with Gasteiger partial charge in [0.2, 0.25) is 0 Å². The van der Waals surface area contributed by atoms with Gasteiger partial charge in [-0.15, -0.1) is 0 Å². The van der Waals surface area contributed by atoms with Gasteiger partial charge in [0.25, 0.3) is 0 Å². The van der Waals surface area contributed by atoms with Crippen LogP contribution in [0.1, 0.15) is 35.1 Å². The molecule has 0 saturated heterocycles. The van der Waals surface area contributed by atoms with Crippen molar-refractivity contribution in [3.8, 4) is 0 Å². The van der Waals surface area contributed by atoms with Gasteiger partial charge >= 0.3 is 0 Å². The Morgan fingerprint density at radius 1 is 1.03 bits per heavy atom. The largest absolute Gasteiger partial charge is 0.357 e. The Hall–Kier alpha value is -3.15. The van der Waals surface area contributed by atoms with Gasteiger partial charge in [-0.05, 0) is 38.5 Å². The summed E-state index contributed by atoms with van der Waals surface area (Å²) in [7, 11) is 0. The predicted octanol–water partition coefficient (Wildman–Crippen LogP) is 3.24. The van der Waals surface area contributed by atoms with Crippen LogP contribution in [0.25, 0.3) is 0 Å². The summed E-state index contributed by atoms with van der Waals surface area (Å²) >= 11 is 0. The third kappa shape index (κ3) is 5.91. The molecule has 2 heterocycles. The van der Waals surface area contributed by atoms with Gasteiger partial charge in [-0.3, -0.25) is 9.67 Å². The highest BCUT2D eigenvalue weighted by Gasteiger charge is 2.12. The van der Waals surface area contributed by atoms with Crippen LogP contribution in [0, 0.1) is 13.8 Å². The van der Waals surface area contributed by atoms with Crippen LogP contribution in [0.2, 0.25) is 0 Å². The normalized spacial score (nSPS) is 11.5. The molecule has 2 aromatic heterocycles. The molecule has 0 aliphatic carbocycles. The van der Waals surface area contributed by atoms with Crippen LogP contribution in [0.4, 0.5) is 0 Å². The van der Waals surface area contributed by atoms with E-state index in [2.05, 4.69) is 65.3 Å². The van der Waals surface area contributed by atoms with Gasteiger partial charge in [0, 0.05) is 42.7 Å². The number of hydrogen-bond acceptors (Lipinski definition) is 3. The van der Waals surface area contributed by atoms with Crippen molar-refractivity contribution < 1.29 is 0 Å². The van der Waals surface area contributed by atoms with E-state index in [1.54, 1.807) is 0 Å². The van der Waals surface area contributed by atoms with Crippen molar-refractivity contribution in [3.05, 3.63) is 82.9 Å². The molecule has 0 bridgehead atoms. The molecule has 3 aromatic rings. The van der Waals surface area contributed by atoms with Crippen LogP contribution in [-0.2, 0) is 19.5 Å². The fraction of sp³-hybridized carbons (Fsp3) is 0.348. The molecule has 6 nitrogen and oxygen atoms in total. The first kappa shape index (κ1) is 20.6. The van der Waals surface area contributed by atoms with Gasteiger partial charge < -0.3 is 10.6 Å². The molecule has 0 amide bonds. The maximum Gasteiger partial charge on any atom is 0.191 e. The Bertz CT molecular complexity index is 915. The highest BCUT2D eigenvalue weighted by atomic mass is 15.3. The minimum atomic E-state index is 0.603. The minimum Gasteiger partial charge on any atom is -0.357 e. The molecule has 0 fully saturated rings. The molecule has 0 spiro atoms. The van der Waals surface area contributed by atoms with Crippen molar-refractivity contribution in [2.45, 2.75) is 40.3 Å². The predicted molar refractivity (Wildman–Crippen MR) is 118 cm³/mol. The van der Waals surface area contributed by atoms with E-state index in [0.717, 1.165) is 43.4 Å². The molecule has 0 atom stereocenters. The number of guanidine groups is 1. The maximum atomic E-state index is 4.78. The van der Waals surface area contributed by atoms with Crippen molar-refractivity contribution >= 4 is 5.96 Å². The third-order valence-electron chi connectivity index (χ3n) is 4.85. The molecule has 2 N–H and O–H groups in total. The maximum absolute atomic E-state index is 4.78. The van der Waals surface area contributed by atoms with E-state index in [9.17, 15) is 0 Å². The zero-order valence-electron chi connectivity index (χ0n) is 17.5. The monoisotopic (exact) mass is 390 g/mol. The quantitative estimate of drug-likeness (QED) is 0.458. The summed E-state index contributed by atoms with van der Waals surface area (Å²) in [5.41, 5.74) is 5.70. The molecule has 0 aliphatic heterocycles. The second-order valence-corrected chi connectivity index (χ2v) is 6.99. The zero-order valence-corrected chi connectivity index (χ0v) is 17.5. The summed E-state index contributed by atoms with van der Waals surface area (Å²) in [6.45, 7) is 9.24. The van der Waals surface area contributed by atoms with Crippen LogP contribution in [0.3, 0.4) is 0 Å². The van der Waals surface area contributed by atoms with E-state index < -0.39 is 0 Å². The van der Waals surface area contributed by atoms with Crippen LogP contribution in [-0.4, -0.2) is 33.8 Å². The van der Waals surface area contributed by atoms with E-state index in [1.807, 2.05) is 30.5 Å². The topological polar surface area (TPSA) is 67.1 Å². The minimum absolute atomic E-state index is 0.603. The number of rotatable bonds is 8. The fourth-order valence-corrected chi connectivity index (χ4v) is 3.23. The van der Waals surface area contributed by atoms with Gasteiger partial charge in [-0.2, -0.15) is 5.10 Å². The second kappa shape index (κ2) is 10.4. The second-order valence-electron chi connectivity index (χ2n) is 6.99. The number of aromatic nitrogens is 3. The van der Waals surface area contributed by atoms with E-state index in [-0.39, 0.29) is 0 Å². The summed E-state index contributed by atoms with van der Waals surface area (Å²) in [4.78, 5) is 9.14. The molecule has 0 aliphatic rings. The average Bonchev–Trinajstić information content (AvgIpc) is 3.00. The molecule has 29 heavy (non-hydrogen) atoms. The van der Waals surface area contributed by atoms with E-state index in [4.69, 9.17) is 10.1 Å². The first-order chi connectivity index (χ1) is 14.2. The van der Waals surface area contributed by atoms with E-state index >= 15 is 0 Å². The first-order valence-corrected chi connectivity index (χ1v) is 10.2. The Balaban J connectivity index is 1.64. The lowest BCUT2D eigenvalue weighted by atomic mass is 10.2. The number of aryl methyl sites for hydroxylation is 1. The molecule has 1 aromatic carbocycles. The summed E-state index contributed by atoms with van der Waals surface area (Å²) < 4.78 is 2.07. The highest BCUT2D eigenvalue weighted by molar-refractivity contribution is 5.79. The number of benzene rings is 1. The van der Waals surface area contributed by atoms with Crippen molar-refractivity contribution in [2.75, 3.05) is 13.1 Å². The van der Waals surface area contributed by atoms with Crippen LogP contribution < -0.4 is 10.6 Å². The van der Waals surface area contributed by atoms with Crippen LogP contribution in [0.15, 0.2) is 59.7 Å². The lowest BCUT2D eigenvalue weighted by molar-refractivity contribution is 0.658. The third-order valence-corrected chi connectivity index (χ3v) is 4.85. The Kier molecular flexibility index (Phi) is 7.39. The van der Waals surface area contributed by atoms with Crippen molar-refractivity contribution in [2.24, 2.45) is 4.99 Å². The van der Waals surface area contributed by atoms with Crippen molar-refractivity contribution in [3.63, 3.8) is 0 Å². The average molecular weight is 391 g/mol. The van der Waals surface area contributed by atoms with E-state index in [0.29, 0.717) is 6.54 Å².